The quantitative estimate of drug-likeness (QED) is 0.690. The van der Waals surface area contributed by atoms with Gasteiger partial charge in [-0.1, -0.05) is 23.9 Å². The van der Waals surface area contributed by atoms with Gasteiger partial charge in [-0.2, -0.15) is 0 Å². The number of hydrogen-bond donors (Lipinski definition) is 0. The second-order valence-corrected chi connectivity index (χ2v) is 9.41. The molecule has 1 saturated heterocycles. The van der Waals surface area contributed by atoms with Crippen LogP contribution in [0.1, 0.15) is 40.2 Å². The van der Waals surface area contributed by atoms with E-state index < -0.39 is 18.3 Å². The van der Waals surface area contributed by atoms with Crippen molar-refractivity contribution in [2.24, 2.45) is 0 Å². The Morgan fingerprint density at radius 2 is 1.88 bits per heavy atom. The van der Waals surface area contributed by atoms with Gasteiger partial charge in [-0.3, -0.25) is 4.79 Å². The van der Waals surface area contributed by atoms with Crippen LogP contribution >= 0.6 is 23.1 Å². The number of carbonyl (C=O) groups excluding carboxylic acids is 1. The van der Waals surface area contributed by atoms with Crippen LogP contribution in [0.15, 0.2) is 35.1 Å². The molecule has 0 radical (unpaired) electrons. The van der Waals surface area contributed by atoms with Crippen LogP contribution in [0.4, 0.5) is 0 Å². The normalized spacial score (nSPS) is 19.6. The standard InChI is InChI=1S/C19H23BO3S2/c1-13(21)25-12-16(20-22-18(2,3)19(4,5)23-20)11-14-6-7-17-15(10-14)8-9-24-17/h6-11H,12H2,1-5H3. The molecule has 0 saturated carbocycles. The van der Waals surface area contributed by atoms with Gasteiger partial charge in [0.15, 0.2) is 5.12 Å². The maximum absolute atomic E-state index is 11.5. The molecule has 0 spiro atoms. The second kappa shape index (κ2) is 6.91. The van der Waals surface area contributed by atoms with Crippen molar-refractivity contribution < 1.29 is 14.1 Å². The fourth-order valence-electron chi connectivity index (χ4n) is 2.65. The predicted molar refractivity (Wildman–Crippen MR) is 109 cm³/mol. The largest absolute Gasteiger partial charge is 0.491 e. The van der Waals surface area contributed by atoms with Crippen LogP contribution < -0.4 is 0 Å². The molecular weight excluding hydrogens is 351 g/mol. The summed E-state index contributed by atoms with van der Waals surface area (Å²) >= 11 is 3.02. The maximum Gasteiger partial charge on any atom is 0.491 e. The summed E-state index contributed by atoms with van der Waals surface area (Å²) in [6.07, 6.45) is 2.09. The molecule has 1 fully saturated rings. The first kappa shape index (κ1) is 18.7. The Balaban J connectivity index is 1.92. The molecule has 3 nitrogen and oxygen atoms in total. The maximum atomic E-state index is 11.5. The summed E-state index contributed by atoms with van der Waals surface area (Å²) in [4.78, 5) is 11.5. The number of thiophene rings is 1. The van der Waals surface area contributed by atoms with Gasteiger partial charge in [0, 0.05) is 17.4 Å². The molecule has 3 rings (SSSR count). The minimum absolute atomic E-state index is 0.0932. The molecule has 2 heterocycles. The summed E-state index contributed by atoms with van der Waals surface area (Å²) in [7, 11) is -0.435. The summed E-state index contributed by atoms with van der Waals surface area (Å²) in [5.41, 5.74) is 1.29. The van der Waals surface area contributed by atoms with Gasteiger partial charge in [0.25, 0.3) is 0 Å². The van der Waals surface area contributed by atoms with Crippen molar-refractivity contribution in [2.45, 2.75) is 45.8 Å². The first-order valence-corrected chi connectivity index (χ1v) is 10.2. The monoisotopic (exact) mass is 374 g/mol. The van der Waals surface area contributed by atoms with E-state index in [4.69, 9.17) is 9.31 Å². The Labute approximate surface area is 157 Å². The molecule has 1 aromatic heterocycles. The number of thioether (sulfide) groups is 1. The third-order valence-corrected chi connectivity index (χ3v) is 6.61. The molecule has 0 atom stereocenters. The molecule has 25 heavy (non-hydrogen) atoms. The average Bonchev–Trinajstić information content (AvgIpc) is 3.05. The van der Waals surface area contributed by atoms with E-state index in [9.17, 15) is 4.79 Å². The van der Waals surface area contributed by atoms with Crippen molar-refractivity contribution in [3.63, 3.8) is 0 Å². The number of rotatable bonds is 4. The van der Waals surface area contributed by atoms with Crippen molar-refractivity contribution in [3.05, 3.63) is 40.7 Å². The fraction of sp³-hybridized carbons (Fsp3) is 0.421. The predicted octanol–water partition coefficient (Wildman–Crippen LogP) is 5.20. The highest BCUT2D eigenvalue weighted by molar-refractivity contribution is 8.13. The Kier molecular flexibility index (Phi) is 5.17. The zero-order valence-corrected chi connectivity index (χ0v) is 16.9. The van der Waals surface area contributed by atoms with E-state index >= 15 is 0 Å². The lowest BCUT2D eigenvalue weighted by Crippen LogP contribution is -2.41. The number of fused-ring (bicyclic) bond motifs is 1. The summed E-state index contributed by atoms with van der Waals surface area (Å²) < 4.78 is 13.7. The molecule has 0 unspecified atom stereocenters. The lowest BCUT2D eigenvalue weighted by atomic mass is 9.78. The first-order valence-electron chi connectivity index (χ1n) is 8.35. The van der Waals surface area contributed by atoms with Crippen LogP contribution in [-0.4, -0.2) is 29.2 Å². The third kappa shape index (κ3) is 4.03. The topological polar surface area (TPSA) is 35.5 Å². The van der Waals surface area contributed by atoms with Crippen LogP contribution in [0.5, 0.6) is 0 Å². The summed E-state index contributed by atoms with van der Waals surface area (Å²) in [5, 5.41) is 3.42. The highest BCUT2D eigenvalue weighted by Crippen LogP contribution is 2.39. The average molecular weight is 374 g/mol. The Morgan fingerprint density at radius 1 is 1.20 bits per heavy atom. The lowest BCUT2D eigenvalue weighted by Gasteiger charge is -2.32. The first-order chi connectivity index (χ1) is 11.7. The van der Waals surface area contributed by atoms with Crippen molar-refractivity contribution in [1.82, 2.24) is 0 Å². The smallest absolute Gasteiger partial charge is 0.400 e. The van der Waals surface area contributed by atoms with Crippen LogP contribution in [0.2, 0.25) is 0 Å². The minimum atomic E-state index is -0.435. The van der Waals surface area contributed by atoms with Gasteiger partial charge >= 0.3 is 7.12 Å². The molecule has 1 aliphatic heterocycles. The Hall–Kier alpha value is -1.08. The molecule has 1 aliphatic rings. The van der Waals surface area contributed by atoms with Crippen molar-refractivity contribution in [3.8, 4) is 0 Å². The minimum Gasteiger partial charge on any atom is -0.400 e. The van der Waals surface area contributed by atoms with E-state index in [1.165, 1.54) is 21.8 Å². The molecule has 1 aromatic carbocycles. The van der Waals surface area contributed by atoms with Gasteiger partial charge in [0.2, 0.25) is 0 Å². The Morgan fingerprint density at radius 3 is 2.52 bits per heavy atom. The fourth-order valence-corrected chi connectivity index (χ4v) is 4.01. The van der Waals surface area contributed by atoms with Crippen LogP contribution in [0, 0.1) is 0 Å². The van der Waals surface area contributed by atoms with Gasteiger partial charge < -0.3 is 9.31 Å². The summed E-state index contributed by atoms with van der Waals surface area (Å²) in [6.45, 7) is 9.75. The third-order valence-electron chi connectivity index (χ3n) is 4.83. The van der Waals surface area contributed by atoms with Crippen LogP contribution in [0.25, 0.3) is 16.2 Å². The van der Waals surface area contributed by atoms with E-state index in [1.807, 2.05) is 27.7 Å². The van der Waals surface area contributed by atoms with Gasteiger partial charge in [-0.05, 0) is 67.7 Å². The van der Waals surface area contributed by atoms with Gasteiger partial charge in [-0.25, -0.2) is 0 Å². The molecule has 2 aromatic rings. The summed E-state index contributed by atoms with van der Waals surface area (Å²) in [6, 6.07) is 8.51. The van der Waals surface area contributed by atoms with Gasteiger partial charge in [-0.15, -0.1) is 11.3 Å². The molecule has 0 N–H and O–H groups in total. The van der Waals surface area contributed by atoms with Gasteiger partial charge in [0.05, 0.1) is 11.2 Å². The van der Waals surface area contributed by atoms with Crippen LogP contribution in [0.3, 0.4) is 0 Å². The molecule has 132 valence electrons. The van der Waals surface area contributed by atoms with E-state index in [2.05, 4.69) is 35.7 Å². The van der Waals surface area contributed by atoms with E-state index in [0.717, 1.165) is 11.0 Å². The number of hydrogen-bond acceptors (Lipinski definition) is 5. The molecule has 0 bridgehead atoms. The number of benzene rings is 1. The summed E-state index contributed by atoms with van der Waals surface area (Å²) in [5.74, 6) is 0.563. The number of carbonyl (C=O) groups is 1. The van der Waals surface area contributed by atoms with Crippen molar-refractivity contribution in [1.29, 1.82) is 0 Å². The van der Waals surface area contributed by atoms with E-state index in [0.29, 0.717) is 5.75 Å². The molecule has 0 amide bonds. The molecule has 0 aliphatic carbocycles. The zero-order chi connectivity index (χ0) is 18.2. The second-order valence-electron chi connectivity index (χ2n) is 7.31. The van der Waals surface area contributed by atoms with Crippen molar-refractivity contribution in [2.75, 3.05) is 5.75 Å². The Bertz CT molecular complexity index is 807. The van der Waals surface area contributed by atoms with E-state index in [1.54, 1.807) is 18.3 Å². The highest BCUT2D eigenvalue weighted by atomic mass is 32.2. The van der Waals surface area contributed by atoms with E-state index in [-0.39, 0.29) is 5.12 Å². The SMILES string of the molecule is CC(=O)SCC(=Cc1ccc2sccc2c1)B1OC(C)(C)C(C)(C)O1. The van der Waals surface area contributed by atoms with Gasteiger partial charge in [0.1, 0.15) is 0 Å². The van der Waals surface area contributed by atoms with Crippen LogP contribution in [-0.2, 0) is 14.1 Å². The van der Waals surface area contributed by atoms with Crippen molar-refractivity contribution >= 4 is 51.5 Å². The lowest BCUT2D eigenvalue weighted by molar-refractivity contribution is -0.109. The molecular formula is C19H23BO3S2. The highest BCUT2D eigenvalue weighted by Gasteiger charge is 2.52. The zero-order valence-electron chi connectivity index (χ0n) is 15.3. The molecule has 6 heteroatoms.